The highest BCUT2D eigenvalue weighted by Gasteiger charge is 2.44. The van der Waals surface area contributed by atoms with E-state index in [4.69, 9.17) is 20.9 Å². The third-order valence-corrected chi connectivity index (χ3v) is 4.38. The molecule has 12 heteroatoms. The second kappa shape index (κ2) is 10.8. The summed E-state index contributed by atoms with van der Waals surface area (Å²) in [5, 5.41) is 20.2. The molecule has 1 aromatic heterocycles. The largest absolute Gasteiger partial charge is 0.462 e. The maximum atomic E-state index is 11.9. The van der Waals surface area contributed by atoms with Gasteiger partial charge < -0.3 is 31.2 Å². The zero-order valence-corrected chi connectivity index (χ0v) is 16.6. The van der Waals surface area contributed by atoms with Gasteiger partial charge in [0.05, 0.1) is 0 Å². The average molecular weight is 429 g/mol. The number of nitrogens with two attached hydrogens (primary N) is 2. The van der Waals surface area contributed by atoms with Crippen molar-refractivity contribution >= 4 is 36.6 Å². The summed E-state index contributed by atoms with van der Waals surface area (Å²) < 4.78 is 11.6. The normalized spacial score (nSPS) is 26.4. The molecule has 1 aliphatic rings. The summed E-state index contributed by atoms with van der Waals surface area (Å²) in [7, 11) is 0. The van der Waals surface area contributed by atoms with Crippen molar-refractivity contribution in [2.75, 3.05) is 12.3 Å². The van der Waals surface area contributed by atoms with Crippen LogP contribution in [0.4, 0.5) is 5.82 Å². The summed E-state index contributed by atoms with van der Waals surface area (Å²) >= 11 is 0. The monoisotopic (exact) mass is 428 g/mol. The zero-order chi connectivity index (χ0) is 18.7. The standard InChI is InChI=1S/C15H24N4O6.2ClH/c1-3-7(2)10(17)14(22)24-6-8-11(20)12(21)13(25-8)19-5-4-9(16)18-15(19)23;;/h4-5,7-8,10-13,20-21H,3,6,17H2,1-2H3,(H2,16,18,23);2*1H/t7-,8-,10-,11-,12+,13-;;/m1../s1. The summed E-state index contributed by atoms with van der Waals surface area (Å²) in [5.41, 5.74) is 10.5. The first-order valence-corrected chi connectivity index (χ1v) is 8.04. The van der Waals surface area contributed by atoms with Crippen molar-refractivity contribution in [3.05, 3.63) is 22.7 Å². The predicted octanol–water partition coefficient (Wildman–Crippen LogP) is -0.795. The van der Waals surface area contributed by atoms with Gasteiger partial charge in [0.2, 0.25) is 0 Å². The van der Waals surface area contributed by atoms with Crippen LogP contribution in [-0.2, 0) is 14.3 Å². The van der Waals surface area contributed by atoms with E-state index in [0.717, 1.165) is 4.57 Å². The Morgan fingerprint density at radius 2 is 2.04 bits per heavy atom. The number of hydrogen-bond donors (Lipinski definition) is 4. The lowest BCUT2D eigenvalue weighted by molar-refractivity contribution is -0.153. The summed E-state index contributed by atoms with van der Waals surface area (Å²) in [6.45, 7) is 3.43. The number of aliphatic hydroxyl groups is 2. The Kier molecular flexibility index (Phi) is 10.2. The number of carbonyl (C=O) groups is 1. The molecule has 6 N–H and O–H groups in total. The highest BCUT2D eigenvalue weighted by molar-refractivity contribution is 5.85. The number of halogens is 2. The predicted molar refractivity (Wildman–Crippen MR) is 102 cm³/mol. The van der Waals surface area contributed by atoms with E-state index in [9.17, 15) is 19.8 Å². The van der Waals surface area contributed by atoms with E-state index >= 15 is 0 Å². The van der Waals surface area contributed by atoms with Crippen LogP contribution < -0.4 is 17.2 Å². The first-order chi connectivity index (χ1) is 11.8. The van der Waals surface area contributed by atoms with Gasteiger partial charge in [-0.15, -0.1) is 24.8 Å². The first-order valence-electron chi connectivity index (χ1n) is 8.04. The van der Waals surface area contributed by atoms with Gasteiger partial charge in [0, 0.05) is 6.20 Å². The molecule has 0 spiro atoms. The Hall–Kier alpha value is -1.43. The molecular weight excluding hydrogens is 403 g/mol. The lowest BCUT2D eigenvalue weighted by Gasteiger charge is -2.19. The van der Waals surface area contributed by atoms with Crippen LogP contribution in [-0.4, -0.2) is 56.7 Å². The van der Waals surface area contributed by atoms with Crippen molar-refractivity contribution in [3.63, 3.8) is 0 Å². The van der Waals surface area contributed by atoms with Crippen LogP contribution in [0.25, 0.3) is 0 Å². The fourth-order valence-corrected chi connectivity index (χ4v) is 2.46. The fraction of sp³-hybridized carbons (Fsp3) is 0.667. The highest BCUT2D eigenvalue weighted by atomic mass is 35.5. The van der Waals surface area contributed by atoms with Crippen molar-refractivity contribution in [2.24, 2.45) is 11.7 Å². The number of carbonyl (C=O) groups excluding carboxylic acids is 1. The Balaban J connectivity index is 0.00000338. The Labute approximate surface area is 168 Å². The van der Waals surface area contributed by atoms with Crippen LogP contribution in [0, 0.1) is 5.92 Å². The van der Waals surface area contributed by atoms with Gasteiger partial charge in [-0.25, -0.2) is 4.79 Å². The van der Waals surface area contributed by atoms with Gasteiger partial charge in [-0.2, -0.15) is 4.98 Å². The van der Waals surface area contributed by atoms with Crippen LogP contribution in [0.15, 0.2) is 17.1 Å². The maximum Gasteiger partial charge on any atom is 0.351 e. The second-order valence-corrected chi connectivity index (χ2v) is 6.13. The molecule has 0 unspecified atom stereocenters. The van der Waals surface area contributed by atoms with Crippen LogP contribution in [0.5, 0.6) is 0 Å². The lowest BCUT2D eigenvalue weighted by Crippen LogP contribution is -2.41. The van der Waals surface area contributed by atoms with Gasteiger partial charge in [-0.3, -0.25) is 9.36 Å². The summed E-state index contributed by atoms with van der Waals surface area (Å²) in [6.07, 6.45) is -2.89. The average Bonchev–Trinajstić information content (AvgIpc) is 2.86. The molecule has 0 bridgehead atoms. The van der Waals surface area contributed by atoms with E-state index in [0.29, 0.717) is 6.42 Å². The molecule has 0 radical (unpaired) electrons. The summed E-state index contributed by atoms with van der Waals surface area (Å²) in [4.78, 5) is 27.3. The smallest absolute Gasteiger partial charge is 0.351 e. The van der Waals surface area contributed by atoms with Crippen LogP contribution in [0.1, 0.15) is 26.5 Å². The number of aromatic nitrogens is 2. The zero-order valence-electron chi connectivity index (χ0n) is 14.9. The number of ether oxygens (including phenoxy) is 2. The number of esters is 1. The van der Waals surface area contributed by atoms with Crippen molar-refractivity contribution in [2.45, 2.75) is 50.8 Å². The van der Waals surface area contributed by atoms with Crippen molar-refractivity contribution < 1.29 is 24.5 Å². The minimum absolute atomic E-state index is 0. The lowest BCUT2D eigenvalue weighted by atomic mass is 10.0. The molecule has 2 rings (SSSR count). The van der Waals surface area contributed by atoms with Crippen molar-refractivity contribution in [1.29, 1.82) is 0 Å². The minimum atomic E-state index is -1.39. The van der Waals surface area contributed by atoms with Gasteiger partial charge in [0.1, 0.15) is 36.8 Å². The van der Waals surface area contributed by atoms with Gasteiger partial charge in [-0.05, 0) is 12.0 Å². The van der Waals surface area contributed by atoms with E-state index in [2.05, 4.69) is 4.98 Å². The van der Waals surface area contributed by atoms with E-state index in [1.54, 1.807) is 0 Å². The molecule has 6 atom stereocenters. The molecule has 1 fully saturated rings. The second-order valence-electron chi connectivity index (χ2n) is 6.13. The number of hydrogen-bond acceptors (Lipinski definition) is 9. The number of nitrogens with zero attached hydrogens (tertiary/aromatic N) is 2. The molecule has 0 aromatic carbocycles. The van der Waals surface area contributed by atoms with E-state index in [1.165, 1.54) is 12.3 Å². The van der Waals surface area contributed by atoms with E-state index in [1.807, 2.05) is 13.8 Å². The Morgan fingerprint density at radius 1 is 1.41 bits per heavy atom. The number of rotatable bonds is 6. The summed E-state index contributed by atoms with van der Waals surface area (Å²) in [5.74, 6) is -0.645. The Morgan fingerprint density at radius 3 is 2.59 bits per heavy atom. The Bertz CT molecular complexity index is 676. The van der Waals surface area contributed by atoms with Crippen LogP contribution in [0.2, 0.25) is 0 Å². The highest BCUT2D eigenvalue weighted by Crippen LogP contribution is 2.28. The molecule has 1 saturated heterocycles. The quantitative estimate of drug-likeness (QED) is 0.424. The van der Waals surface area contributed by atoms with Crippen molar-refractivity contribution in [3.8, 4) is 0 Å². The van der Waals surface area contributed by atoms with Crippen LogP contribution >= 0.6 is 24.8 Å². The number of aliphatic hydroxyl groups excluding tert-OH is 2. The molecule has 0 aliphatic carbocycles. The van der Waals surface area contributed by atoms with Gasteiger partial charge >= 0.3 is 11.7 Å². The number of nitrogen functional groups attached to an aromatic ring is 1. The van der Waals surface area contributed by atoms with E-state index < -0.39 is 42.2 Å². The van der Waals surface area contributed by atoms with Crippen LogP contribution in [0.3, 0.4) is 0 Å². The fourth-order valence-electron chi connectivity index (χ4n) is 2.46. The number of anilines is 1. The first kappa shape index (κ1) is 25.6. The third-order valence-electron chi connectivity index (χ3n) is 4.38. The third kappa shape index (κ3) is 5.77. The minimum Gasteiger partial charge on any atom is -0.462 e. The topological polar surface area (TPSA) is 163 Å². The molecule has 2 heterocycles. The SMILES string of the molecule is CC[C@@H](C)[C@@H](N)C(=O)OC[C@H]1O[C@@H](n2ccc(N)nc2=O)[C@@H](O)[C@@H]1O.Cl.Cl. The summed E-state index contributed by atoms with van der Waals surface area (Å²) in [6, 6.07) is 0.579. The molecule has 0 saturated carbocycles. The molecule has 156 valence electrons. The maximum absolute atomic E-state index is 11.9. The molecule has 1 aliphatic heterocycles. The molecule has 0 amide bonds. The van der Waals surface area contributed by atoms with Crippen molar-refractivity contribution in [1.82, 2.24) is 9.55 Å². The molecule has 27 heavy (non-hydrogen) atoms. The van der Waals surface area contributed by atoms with E-state index in [-0.39, 0.29) is 43.2 Å². The van der Waals surface area contributed by atoms with Gasteiger partial charge in [0.15, 0.2) is 6.23 Å². The molecule has 1 aromatic rings. The molecule has 10 nitrogen and oxygen atoms in total. The van der Waals surface area contributed by atoms with Gasteiger partial charge in [-0.1, -0.05) is 20.3 Å². The van der Waals surface area contributed by atoms with Gasteiger partial charge in [0.25, 0.3) is 0 Å². The molecular formula is C15H26Cl2N4O6.